The molecule has 8 nitrogen and oxygen atoms in total. The van der Waals surface area contributed by atoms with E-state index in [0.29, 0.717) is 24.5 Å². The summed E-state index contributed by atoms with van der Waals surface area (Å²) in [4.78, 5) is 28.9. The largest absolute Gasteiger partial charge is 0.478 e. The van der Waals surface area contributed by atoms with Crippen LogP contribution in [0.15, 0.2) is 30.3 Å². The number of carbonyl (C=O) groups is 2. The molecule has 0 radical (unpaired) electrons. The Labute approximate surface area is 183 Å². The number of aliphatic carboxylic acids is 1. The predicted octanol–water partition coefficient (Wildman–Crippen LogP) is 4.29. The van der Waals surface area contributed by atoms with Crippen LogP contribution >= 0.6 is 0 Å². The third kappa shape index (κ3) is 4.56. The Hall–Kier alpha value is -2.16. The van der Waals surface area contributed by atoms with E-state index in [-0.39, 0.29) is 11.5 Å². The van der Waals surface area contributed by atoms with Crippen molar-refractivity contribution in [3.8, 4) is 0 Å². The molecular weight excluding hydrogens is 402 g/mol. The van der Waals surface area contributed by atoms with Gasteiger partial charge >= 0.3 is 12.1 Å². The van der Waals surface area contributed by atoms with Crippen LogP contribution in [-0.2, 0) is 25.5 Å². The van der Waals surface area contributed by atoms with E-state index >= 15 is 0 Å². The second kappa shape index (κ2) is 8.76. The number of amides is 1. The average Bonchev–Trinajstić information content (AvgIpc) is 3.09. The van der Waals surface area contributed by atoms with Crippen molar-refractivity contribution in [2.24, 2.45) is 10.8 Å². The lowest BCUT2D eigenvalue weighted by Gasteiger charge is -2.56. The molecule has 1 amide bonds. The normalized spacial score (nSPS) is 29.2. The Morgan fingerprint density at radius 1 is 1.13 bits per heavy atom. The summed E-state index contributed by atoms with van der Waals surface area (Å²) in [6.07, 6.45) is -0.269. The summed E-state index contributed by atoms with van der Waals surface area (Å²) >= 11 is 0. The molecule has 1 aromatic carbocycles. The molecule has 1 heterocycles. The van der Waals surface area contributed by atoms with E-state index in [1.54, 1.807) is 0 Å². The van der Waals surface area contributed by atoms with Crippen LogP contribution in [-0.4, -0.2) is 52.1 Å². The highest BCUT2D eigenvalue weighted by molar-refractivity contribution is 5.77. The fourth-order valence-electron chi connectivity index (χ4n) is 5.46. The number of hydrogen-bond acceptors (Lipinski definition) is 5. The van der Waals surface area contributed by atoms with E-state index in [1.165, 1.54) is 5.56 Å². The lowest BCUT2D eigenvalue weighted by Crippen LogP contribution is -2.59. The van der Waals surface area contributed by atoms with Crippen molar-refractivity contribution in [3.05, 3.63) is 35.9 Å². The Kier molecular flexibility index (Phi) is 6.64. The van der Waals surface area contributed by atoms with Gasteiger partial charge in [0.15, 0.2) is 5.79 Å². The van der Waals surface area contributed by atoms with Gasteiger partial charge in [0.1, 0.15) is 0 Å². The Bertz CT molecular complexity index is 768. The SMILES string of the molecule is CCC1(CC)CC2(CC(C)(C)C1OCCc1ccccc1)OC(C(=O)O)N(C(=O)O)O2. The zero-order chi connectivity index (χ0) is 22.9. The van der Waals surface area contributed by atoms with Gasteiger partial charge in [-0.3, -0.25) is 0 Å². The quantitative estimate of drug-likeness (QED) is 0.658. The molecule has 0 aromatic heterocycles. The number of carboxylic acids is 1. The smallest absolute Gasteiger partial charge is 0.434 e. The lowest BCUT2D eigenvalue weighted by atomic mass is 9.57. The van der Waals surface area contributed by atoms with Crippen molar-refractivity contribution in [2.45, 2.75) is 77.9 Å². The van der Waals surface area contributed by atoms with Crippen molar-refractivity contribution < 1.29 is 34.1 Å². The number of hydrogen-bond donors (Lipinski definition) is 2. The molecule has 3 unspecified atom stereocenters. The maximum absolute atomic E-state index is 11.6. The fourth-order valence-corrected chi connectivity index (χ4v) is 5.46. The molecular formula is C23H33NO7. The summed E-state index contributed by atoms with van der Waals surface area (Å²) < 4.78 is 12.3. The number of carboxylic acid groups (broad SMARTS) is 2. The molecule has 3 atom stereocenters. The maximum atomic E-state index is 11.6. The van der Waals surface area contributed by atoms with Crippen molar-refractivity contribution >= 4 is 12.1 Å². The van der Waals surface area contributed by atoms with Crippen LogP contribution in [0.4, 0.5) is 4.79 Å². The van der Waals surface area contributed by atoms with E-state index in [9.17, 15) is 19.8 Å². The van der Waals surface area contributed by atoms with Gasteiger partial charge in [0.2, 0.25) is 0 Å². The van der Waals surface area contributed by atoms with Gasteiger partial charge in [-0.1, -0.05) is 58.0 Å². The minimum Gasteiger partial charge on any atom is -0.478 e. The second-order valence-corrected chi connectivity index (χ2v) is 9.32. The fraction of sp³-hybridized carbons (Fsp3) is 0.652. The van der Waals surface area contributed by atoms with Crippen LogP contribution in [0.1, 0.15) is 58.9 Å². The predicted molar refractivity (Wildman–Crippen MR) is 112 cm³/mol. The van der Waals surface area contributed by atoms with Crippen LogP contribution in [0.5, 0.6) is 0 Å². The molecule has 3 rings (SSSR count). The third-order valence-corrected chi connectivity index (χ3v) is 6.74. The average molecular weight is 436 g/mol. The first-order valence-corrected chi connectivity index (χ1v) is 10.9. The number of ether oxygens (including phenoxy) is 2. The van der Waals surface area contributed by atoms with E-state index < -0.39 is 29.5 Å². The van der Waals surface area contributed by atoms with Gasteiger partial charge in [-0.25, -0.2) is 14.4 Å². The first-order chi connectivity index (χ1) is 14.6. The number of rotatable bonds is 7. The molecule has 1 aliphatic carbocycles. The molecule has 0 bridgehead atoms. The van der Waals surface area contributed by atoms with Crippen molar-refractivity contribution in [1.82, 2.24) is 5.06 Å². The lowest BCUT2D eigenvalue weighted by molar-refractivity contribution is -0.298. The monoisotopic (exact) mass is 435 g/mol. The molecule has 172 valence electrons. The highest BCUT2D eigenvalue weighted by Crippen LogP contribution is 2.58. The molecule has 8 heteroatoms. The van der Waals surface area contributed by atoms with Gasteiger partial charge in [0.25, 0.3) is 6.23 Å². The summed E-state index contributed by atoms with van der Waals surface area (Å²) in [6, 6.07) is 10.1. The van der Waals surface area contributed by atoms with E-state index in [2.05, 4.69) is 26.0 Å². The van der Waals surface area contributed by atoms with Crippen molar-refractivity contribution in [1.29, 1.82) is 0 Å². The molecule has 1 aliphatic heterocycles. The zero-order valence-corrected chi connectivity index (χ0v) is 18.7. The highest BCUT2D eigenvalue weighted by Gasteiger charge is 2.64. The number of nitrogens with zero attached hydrogens (tertiary/aromatic N) is 1. The van der Waals surface area contributed by atoms with Gasteiger partial charge in [-0.05, 0) is 30.2 Å². The second-order valence-electron chi connectivity index (χ2n) is 9.32. The van der Waals surface area contributed by atoms with Crippen LogP contribution in [0, 0.1) is 10.8 Å². The number of benzene rings is 1. The molecule has 2 aliphatic rings. The Balaban J connectivity index is 1.84. The molecule has 1 aromatic rings. The standard InChI is InChI=1S/C23H33NO7/c1-5-22(6-2)15-23(30-17(18(25)26)24(31-23)20(27)28)14-21(3,4)19(22)29-13-12-16-10-8-7-9-11-16/h7-11,17,19H,5-6,12-15H2,1-4H3,(H,25,26)(H,27,28). The van der Waals surface area contributed by atoms with E-state index in [1.807, 2.05) is 32.0 Å². The Morgan fingerprint density at radius 2 is 1.77 bits per heavy atom. The van der Waals surface area contributed by atoms with Gasteiger partial charge in [-0.15, -0.1) is 5.06 Å². The summed E-state index contributed by atoms with van der Waals surface area (Å²) in [7, 11) is 0. The minimum absolute atomic E-state index is 0.112. The Morgan fingerprint density at radius 3 is 2.29 bits per heavy atom. The highest BCUT2D eigenvalue weighted by atomic mass is 16.9. The first-order valence-electron chi connectivity index (χ1n) is 10.9. The molecule has 2 N–H and O–H groups in total. The van der Waals surface area contributed by atoms with Crippen molar-refractivity contribution in [2.75, 3.05) is 6.61 Å². The summed E-state index contributed by atoms with van der Waals surface area (Å²) in [5.74, 6) is -2.71. The molecule has 1 saturated carbocycles. The van der Waals surface area contributed by atoms with Crippen LogP contribution in [0.2, 0.25) is 0 Å². The minimum atomic E-state index is -1.68. The van der Waals surface area contributed by atoms with Gasteiger partial charge in [-0.2, -0.15) is 0 Å². The van der Waals surface area contributed by atoms with Crippen molar-refractivity contribution in [3.63, 3.8) is 0 Å². The van der Waals surface area contributed by atoms with E-state index in [0.717, 1.165) is 19.3 Å². The molecule has 1 saturated heterocycles. The van der Waals surface area contributed by atoms with Crippen LogP contribution in [0.3, 0.4) is 0 Å². The summed E-state index contributed by atoms with van der Waals surface area (Å²) in [5, 5.41) is 19.3. The summed E-state index contributed by atoms with van der Waals surface area (Å²) in [6.45, 7) is 8.81. The molecule has 2 fully saturated rings. The molecule has 31 heavy (non-hydrogen) atoms. The van der Waals surface area contributed by atoms with Crippen LogP contribution in [0.25, 0.3) is 0 Å². The van der Waals surface area contributed by atoms with Gasteiger partial charge in [0, 0.05) is 18.3 Å². The van der Waals surface area contributed by atoms with Crippen LogP contribution < -0.4 is 0 Å². The first kappa shape index (κ1) is 23.5. The number of hydroxylamine groups is 2. The topological polar surface area (TPSA) is 106 Å². The summed E-state index contributed by atoms with van der Waals surface area (Å²) in [5.41, 5.74) is 0.421. The third-order valence-electron chi connectivity index (χ3n) is 6.74. The van der Waals surface area contributed by atoms with E-state index in [4.69, 9.17) is 14.3 Å². The van der Waals surface area contributed by atoms with Gasteiger partial charge in [0.05, 0.1) is 12.7 Å². The maximum Gasteiger partial charge on any atom is 0.434 e. The molecule has 1 spiro atoms. The zero-order valence-electron chi connectivity index (χ0n) is 18.7. The van der Waals surface area contributed by atoms with Gasteiger partial charge < -0.3 is 19.7 Å².